The van der Waals surface area contributed by atoms with Crippen LogP contribution in [0, 0.1) is 11.6 Å². The van der Waals surface area contributed by atoms with Crippen LogP contribution in [0.25, 0.3) is 0 Å². The van der Waals surface area contributed by atoms with Crippen LogP contribution in [-0.2, 0) is 35.8 Å². The lowest BCUT2D eigenvalue weighted by molar-refractivity contribution is 0.0934. The van der Waals surface area contributed by atoms with Crippen LogP contribution in [0.15, 0.2) is 102 Å². The van der Waals surface area contributed by atoms with Crippen LogP contribution in [0.4, 0.5) is 8.78 Å². The van der Waals surface area contributed by atoms with Gasteiger partial charge in [0.15, 0.2) is 0 Å². The number of carbonyl (C=O) groups excluding carboxylic acids is 1. The molecule has 0 fully saturated rings. The minimum atomic E-state index is -3.74. The SMILES string of the molecule is CCc1cccc(CNCC[C@H](Cc2cc(F)cc(F)c2)NC(=O)c2ccc(S(=O)(=O)N(C)CCc3ccccc3)cc2)c1. The van der Waals surface area contributed by atoms with Crippen molar-refractivity contribution in [2.24, 2.45) is 0 Å². The lowest BCUT2D eigenvalue weighted by Crippen LogP contribution is -2.38. The van der Waals surface area contributed by atoms with Crippen LogP contribution in [0.5, 0.6) is 0 Å². The molecule has 232 valence electrons. The van der Waals surface area contributed by atoms with Crippen molar-refractivity contribution in [2.45, 2.75) is 50.1 Å². The van der Waals surface area contributed by atoms with Gasteiger partial charge in [-0.25, -0.2) is 21.5 Å². The fraction of sp³-hybridized carbons (Fsp3) is 0.286. The van der Waals surface area contributed by atoms with E-state index in [-0.39, 0.29) is 16.9 Å². The molecule has 4 rings (SSSR count). The Hall–Kier alpha value is -3.92. The van der Waals surface area contributed by atoms with Crippen LogP contribution in [0.1, 0.15) is 46.0 Å². The van der Waals surface area contributed by atoms with Gasteiger partial charge in [0.05, 0.1) is 4.90 Å². The second-order valence-corrected chi connectivity index (χ2v) is 12.9. The Bertz CT molecular complexity index is 1610. The van der Waals surface area contributed by atoms with E-state index in [1.165, 1.54) is 53.3 Å². The van der Waals surface area contributed by atoms with Gasteiger partial charge in [-0.3, -0.25) is 4.79 Å². The van der Waals surface area contributed by atoms with Crippen LogP contribution < -0.4 is 10.6 Å². The van der Waals surface area contributed by atoms with Crippen molar-refractivity contribution in [3.8, 4) is 0 Å². The second kappa shape index (κ2) is 15.7. The molecule has 9 heteroatoms. The molecule has 1 amide bonds. The molecule has 0 aliphatic rings. The summed E-state index contributed by atoms with van der Waals surface area (Å²) in [5.74, 6) is -1.75. The molecular weight excluding hydrogens is 580 g/mol. The third-order valence-corrected chi connectivity index (χ3v) is 9.39. The Morgan fingerprint density at radius 2 is 1.48 bits per heavy atom. The normalized spacial score (nSPS) is 12.3. The van der Waals surface area contributed by atoms with E-state index < -0.39 is 33.6 Å². The molecule has 0 aliphatic heterocycles. The topological polar surface area (TPSA) is 78.5 Å². The molecule has 0 spiro atoms. The van der Waals surface area contributed by atoms with Gasteiger partial charge < -0.3 is 10.6 Å². The molecule has 0 heterocycles. The van der Waals surface area contributed by atoms with Crippen LogP contribution >= 0.6 is 0 Å². The molecular formula is C35H39F2N3O3S. The standard InChI is InChI=1S/C35H39F2N3O3S/c1-3-26-10-7-11-28(20-26)25-38-18-16-33(23-29-21-31(36)24-32(37)22-29)39-35(41)30-12-14-34(15-13-30)44(42,43)40(2)19-17-27-8-5-4-6-9-27/h4-15,20-22,24,33,38H,3,16-19,23,25H2,1-2H3,(H,39,41)/t33-/m1/s1. The van der Waals surface area contributed by atoms with Crippen molar-refractivity contribution in [2.75, 3.05) is 20.1 Å². The van der Waals surface area contributed by atoms with E-state index in [0.717, 1.165) is 23.6 Å². The smallest absolute Gasteiger partial charge is 0.251 e. The third kappa shape index (κ3) is 9.54. The fourth-order valence-corrected chi connectivity index (χ4v) is 6.16. The minimum absolute atomic E-state index is 0.0905. The van der Waals surface area contributed by atoms with Gasteiger partial charge in [-0.05, 0) is 90.9 Å². The van der Waals surface area contributed by atoms with Gasteiger partial charge in [0.25, 0.3) is 5.91 Å². The summed E-state index contributed by atoms with van der Waals surface area (Å²) in [5, 5.41) is 6.36. The molecule has 6 nitrogen and oxygen atoms in total. The molecule has 0 saturated heterocycles. The number of hydrogen-bond donors (Lipinski definition) is 2. The highest BCUT2D eigenvalue weighted by molar-refractivity contribution is 7.89. The van der Waals surface area contributed by atoms with Crippen LogP contribution in [0.2, 0.25) is 0 Å². The number of aryl methyl sites for hydroxylation is 1. The maximum absolute atomic E-state index is 13.9. The van der Waals surface area contributed by atoms with E-state index in [4.69, 9.17) is 0 Å². The second-order valence-electron chi connectivity index (χ2n) is 10.9. The number of hydrogen-bond acceptors (Lipinski definition) is 4. The zero-order valence-corrected chi connectivity index (χ0v) is 25.9. The quantitative estimate of drug-likeness (QED) is 0.162. The molecule has 0 bridgehead atoms. The van der Waals surface area contributed by atoms with E-state index >= 15 is 0 Å². The predicted molar refractivity (Wildman–Crippen MR) is 170 cm³/mol. The maximum atomic E-state index is 13.9. The van der Waals surface area contributed by atoms with E-state index in [2.05, 4.69) is 29.7 Å². The van der Waals surface area contributed by atoms with Crippen molar-refractivity contribution in [1.29, 1.82) is 0 Å². The molecule has 4 aromatic rings. The molecule has 44 heavy (non-hydrogen) atoms. The number of amides is 1. The maximum Gasteiger partial charge on any atom is 0.251 e. The minimum Gasteiger partial charge on any atom is -0.349 e. The predicted octanol–water partition coefficient (Wildman–Crippen LogP) is 5.91. The number of rotatable bonds is 15. The fourth-order valence-electron chi connectivity index (χ4n) is 4.99. The largest absolute Gasteiger partial charge is 0.349 e. The first-order chi connectivity index (χ1) is 21.1. The number of nitrogens with one attached hydrogen (secondary N) is 2. The number of nitrogens with zero attached hydrogens (tertiary/aromatic N) is 1. The Morgan fingerprint density at radius 1 is 0.818 bits per heavy atom. The van der Waals surface area contributed by atoms with Gasteiger partial charge in [-0.15, -0.1) is 0 Å². The summed E-state index contributed by atoms with van der Waals surface area (Å²) in [6.45, 7) is 3.63. The summed E-state index contributed by atoms with van der Waals surface area (Å²) in [5.41, 5.74) is 4.16. The summed E-state index contributed by atoms with van der Waals surface area (Å²) in [7, 11) is -2.21. The highest BCUT2D eigenvalue weighted by Gasteiger charge is 2.22. The van der Waals surface area contributed by atoms with Crippen molar-refractivity contribution in [3.05, 3.63) is 137 Å². The Kier molecular flexibility index (Phi) is 11.8. The van der Waals surface area contributed by atoms with E-state index in [1.807, 2.05) is 42.5 Å². The number of sulfonamides is 1. The summed E-state index contributed by atoms with van der Waals surface area (Å²) in [6.07, 6.45) is 2.26. The van der Waals surface area contributed by atoms with Gasteiger partial charge in [0.2, 0.25) is 10.0 Å². The number of likely N-dealkylation sites (N-methyl/N-ethyl adjacent to an activating group) is 1. The van der Waals surface area contributed by atoms with Gasteiger partial charge >= 0.3 is 0 Å². The van der Waals surface area contributed by atoms with Crippen molar-refractivity contribution < 1.29 is 22.0 Å². The number of carbonyl (C=O) groups is 1. The zero-order chi connectivity index (χ0) is 31.5. The molecule has 4 aromatic carbocycles. The first kappa shape index (κ1) is 33.0. The van der Waals surface area contributed by atoms with Crippen molar-refractivity contribution in [3.63, 3.8) is 0 Å². The van der Waals surface area contributed by atoms with Crippen molar-refractivity contribution >= 4 is 15.9 Å². The summed E-state index contributed by atoms with van der Waals surface area (Å²) in [6, 6.07) is 26.7. The lowest BCUT2D eigenvalue weighted by Gasteiger charge is -2.20. The molecule has 0 saturated carbocycles. The Morgan fingerprint density at radius 3 is 2.16 bits per heavy atom. The summed E-state index contributed by atoms with van der Waals surface area (Å²) in [4.78, 5) is 13.3. The monoisotopic (exact) mass is 619 g/mol. The average molecular weight is 620 g/mol. The molecule has 0 aliphatic carbocycles. The van der Waals surface area contributed by atoms with Crippen LogP contribution in [-0.4, -0.2) is 44.8 Å². The Balaban J connectivity index is 1.39. The van der Waals surface area contributed by atoms with Gasteiger partial charge in [0.1, 0.15) is 11.6 Å². The summed E-state index contributed by atoms with van der Waals surface area (Å²) < 4.78 is 55.3. The van der Waals surface area contributed by atoms with Crippen LogP contribution in [0.3, 0.4) is 0 Å². The lowest BCUT2D eigenvalue weighted by atomic mass is 10.0. The van der Waals surface area contributed by atoms with E-state index in [0.29, 0.717) is 38.0 Å². The first-order valence-electron chi connectivity index (χ1n) is 14.8. The number of halogens is 2. The first-order valence-corrected chi connectivity index (χ1v) is 16.2. The molecule has 0 aromatic heterocycles. The van der Waals surface area contributed by atoms with E-state index in [9.17, 15) is 22.0 Å². The molecule has 0 unspecified atom stereocenters. The molecule has 0 radical (unpaired) electrons. The highest BCUT2D eigenvalue weighted by Crippen LogP contribution is 2.17. The van der Waals surface area contributed by atoms with Crippen molar-refractivity contribution in [1.82, 2.24) is 14.9 Å². The summed E-state index contributed by atoms with van der Waals surface area (Å²) >= 11 is 0. The highest BCUT2D eigenvalue weighted by atomic mass is 32.2. The molecule has 2 N–H and O–H groups in total. The average Bonchev–Trinajstić information content (AvgIpc) is 3.02. The van der Waals surface area contributed by atoms with Gasteiger partial charge in [-0.2, -0.15) is 0 Å². The van der Waals surface area contributed by atoms with Gasteiger partial charge in [-0.1, -0.05) is 61.5 Å². The van der Waals surface area contributed by atoms with Gasteiger partial charge in [0, 0.05) is 37.8 Å². The Labute approximate surface area is 259 Å². The zero-order valence-electron chi connectivity index (χ0n) is 25.1. The number of benzene rings is 4. The third-order valence-electron chi connectivity index (χ3n) is 7.52. The van der Waals surface area contributed by atoms with E-state index in [1.54, 1.807) is 0 Å². The molecule has 1 atom stereocenters.